The van der Waals surface area contributed by atoms with Crippen LogP contribution < -0.4 is 0 Å². The molecular weight excluding hydrogens is 324 g/mol. The number of hydrogen-bond donors (Lipinski definition) is 0. The molecule has 0 aliphatic heterocycles. The smallest absolute Gasteiger partial charge is 0.0484 e. The molecule has 0 bridgehead atoms. The van der Waals surface area contributed by atoms with E-state index in [0.717, 1.165) is 10.4 Å². The average molecular weight is 349 g/mol. The van der Waals surface area contributed by atoms with E-state index in [0.29, 0.717) is 0 Å². The molecule has 0 fully saturated rings. The van der Waals surface area contributed by atoms with Crippen molar-refractivity contribution in [2.24, 2.45) is 0 Å². The summed E-state index contributed by atoms with van der Waals surface area (Å²) in [6, 6.07) is 19.7. The van der Waals surface area contributed by atoms with Gasteiger partial charge in [0.15, 0.2) is 0 Å². The van der Waals surface area contributed by atoms with Crippen LogP contribution in [0.25, 0.3) is 21.9 Å². The summed E-state index contributed by atoms with van der Waals surface area (Å²) >= 11 is 6.41. The molecule has 0 heterocycles. The van der Waals surface area contributed by atoms with Crippen LogP contribution in [-0.2, 0) is 10.8 Å². The van der Waals surface area contributed by atoms with Gasteiger partial charge in [0.25, 0.3) is 0 Å². The first kappa shape index (κ1) is 16.7. The zero-order valence-corrected chi connectivity index (χ0v) is 16.2. The largest absolute Gasteiger partial charge is 0.0837 e. The number of fused-ring (bicyclic) bond motifs is 2. The number of hydrogen-bond acceptors (Lipinski definition) is 0. The Bertz CT molecular complexity index is 963. The molecule has 0 radical (unpaired) electrons. The molecule has 1 heteroatoms. The Morgan fingerprint density at radius 1 is 0.720 bits per heavy atom. The van der Waals surface area contributed by atoms with E-state index < -0.39 is 0 Å². The molecule has 4 rings (SSSR count). The highest BCUT2D eigenvalue weighted by Gasteiger charge is 2.37. The molecule has 0 nitrogen and oxygen atoms in total. The third-order valence-electron chi connectivity index (χ3n) is 6.03. The Morgan fingerprint density at radius 3 is 2.12 bits per heavy atom. The van der Waals surface area contributed by atoms with E-state index in [9.17, 15) is 0 Å². The van der Waals surface area contributed by atoms with Crippen LogP contribution in [0.3, 0.4) is 0 Å². The van der Waals surface area contributed by atoms with Crippen molar-refractivity contribution in [1.82, 2.24) is 0 Å². The van der Waals surface area contributed by atoms with Crippen molar-refractivity contribution in [1.29, 1.82) is 0 Å². The standard InChI is InChI=1S/C24H25Cl/c1-23(2)13-14-24(3,4)21-15-16(11-12-20(21)23)17-7-5-9-19-18(17)8-6-10-22(19)25/h5-12,15H,13-14H2,1-4H3. The lowest BCUT2D eigenvalue weighted by Crippen LogP contribution is -2.33. The summed E-state index contributed by atoms with van der Waals surface area (Å²) in [5.74, 6) is 0. The normalized spacial score (nSPS) is 18.1. The van der Waals surface area contributed by atoms with Crippen LogP contribution in [0.1, 0.15) is 51.7 Å². The molecule has 0 amide bonds. The van der Waals surface area contributed by atoms with E-state index in [1.807, 2.05) is 12.1 Å². The van der Waals surface area contributed by atoms with Crippen molar-refractivity contribution in [3.05, 3.63) is 70.7 Å². The number of halogens is 1. The molecule has 0 saturated heterocycles. The Hall–Kier alpha value is -1.79. The maximum atomic E-state index is 6.41. The fraction of sp³-hybridized carbons (Fsp3) is 0.333. The van der Waals surface area contributed by atoms with Gasteiger partial charge in [-0.25, -0.2) is 0 Å². The highest BCUT2D eigenvalue weighted by molar-refractivity contribution is 6.35. The predicted octanol–water partition coefficient (Wildman–Crippen LogP) is 7.51. The van der Waals surface area contributed by atoms with Crippen LogP contribution in [0, 0.1) is 0 Å². The SMILES string of the molecule is CC1(C)CCC(C)(C)c2cc(-c3cccc4c(Cl)cccc34)ccc21. The summed E-state index contributed by atoms with van der Waals surface area (Å²) in [7, 11) is 0. The van der Waals surface area contributed by atoms with Gasteiger partial charge in [-0.15, -0.1) is 0 Å². The van der Waals surface area contributed by atoms with Gasteiger partial charge in [0.2, 0.25) is 0 Å². The first-order chi connectivity index (χ1) is 11.8. The second kappa shape index (κ2) is 5.61. The number of benzene rings is 3. The molecule has 3 aromatic carbocycles. The van der Waals surface area contributed by atoms with Gasteiger partial charge in [-0.2, -0.15) is 0 Å². The molecule has 0 saturated carbocycles. The van der Waals surface area contributed by atoms with Crippen LogP contribution in [0.15, 0.2) is 54.6 Å². The van der Waals surface area contributed by atoms with Crippen molar-refractivity contribution in [3.8, 4) is 11.1 Å². The van der Waals surface area contributed by atoms with Gasteiger partial charge in [0, 0.05) is 10.4 Å². The average Bonchev–Trinajstić information content (AvgIpc) is 2.59. The van der Waals surface area contributed by atoms with Gasteiger partial charge in [-0.1, -0.05) is 87.8 Å². The molecular formula is C24H25Cl. The fourth-order valence-corrected chi connectivity index (χ4v) is 4.52. The van der Waals surface area contributed by atoms with Crippen LogP contribution in [0.5, 0.6) is 0 Å². The van der Waals surface area contributed by atoms with Gasteiger partial charge in [0.1, 0.15) is 0 Å². The minimum absolute atomic E-state index is 0.225. The fourth-order valence-electron chi connectivity index (χ4n) is 4.28. The first-order valence-electron chi connectivity index (χ1n) is 9.12. The summed E-state index contributed by atoms with van der Waals surface area (Å²) in [4.78, 5) is 0. The lowest BCUT2D eigenvalue weighted by Gasteiger charge is -2.42. The van der Waals surface area contributed by atoms with Crippen molar-refractivity contribution in [3.63, 3.8) is 0 Å². The lowest BCUT2D eigenvalue weighted by molar-refractivity contribution is 0.332. The van der Waals surface area contributed by atoms with Crippen LogP contribution >= 0.6 is 11.6 Å². The maximum absolute atomic E-state index is 6.41. The molecule has 0 atom stereocenters. The topological polar surface area (TPSA) is 0 Å². The van der Waals surface area contributed by atoms with Gasteiger partial charge in [-0.05, 0) is 57.4 Å². The van der Waals surface area contributed by atoms with E-state index in [-0.39, 0.29) is 10.8 Å². The summed E-state index contributed by atoms with van der Waals surface area (Å²) in [5, 5.41) is 3.17. The Labute approximate surface area is 155 Å². The minimum Gasteiger partial charge on any atom is -0.0837 e. The minimum atomic E-state index is 0.225. The highest BCUT2D eigenvalue weighted by Crippen LogP contribution is 2.47. The van der Waals surface area contributed by atoms with Crippen LogP contribution in [-0.4, -0.2) is 0 Å². The van der Waals surface area contributed by atoms with Gasteiger partial charge < -0.3 is 0 Å². The molecule has 25 heavy (non-hydrogen) atoms. The predicted molar refractivity (Wildman–Crippen MR) is 110 cm³/mol. The van der Waals surface area contributed by atoms with Crippen molar-refractivity contribution in [2.45, 2.75) is 51.4 Å². The molecule has 0 unspecified atom stereocenters. The third kappa shape index (κ3) is 2.68. The summed E-state index contributed by atoms with van der Waals surface area (Å²) < 4.78 is 0. The Kier molecular flexibility index (Phi) is 3.74. The zero-order valence-electron chi connectivity index (χ0n) is 15.5. The van der Waals surface area contributed by atoms with Gasteiger partial charge >= 0.3 is 0 Å². The van der Waals surface area contributed by atoms with Crippen molar-refractivity contribution >= 4 is 22.4 Å². The summed E-state index contributed by atoms with van der Waals surface area (Å²) in [6.45, 7) is 9.51. The monoisotopic (exact) mass is 348 g/mol. The van der Waals surface area contributed by atoms with Gasteiger partial charge in [-0.3, -0.25) is 0 Å². The Morgan fingerprint density at radius 2 is 1.36 bits per heavy atom. The molecule has 0 N–H and O–H groups in total. The zero-order chi connectivity index (χ0) is 17.8. The molecule has 0 spiro atoms. The van der Waals surface area contributed by atoms with Gasteiger partial charge in [0.05, 0.1) is 0 Å². The second-order valence-electron chi connectivity index (χ2n) is 8.67. The van der Waals surface area contributed by atoms with Crippen molar-refractivity contribution in [2.75, 3.05) is 0 Å². The second-order valence-corrected chi connectivity index (χ2v) is 9.08. The van der Waals surface area contributed by atoms with Crippen molar-refractivity contribution < 1.29 is 0 Å². The molecule has 128 valence electrons. The molecule has 0 aromatic heterocycles. The van der Waals surface area contributed by atoms with E-state index in [2.05, 4.69) is 70.2 Å². The maximum Gasteiger partial charge on any atom is 0.0484 e. The van der Waals surface area contributed by atoms with E-state index in [4.69, 9.17) is 11.6 Å². The van der Waals surface area contributed by atoms with E-state index in [1.165, 1.54) is 40.5 Å². The molecule has 3 aromatic rings. The quantitative estimate of drug-likeness (QED) is 0.426. The third-order valence-corrected chi connectivity index (χ3v) is 6.36. The summed E-state index contributed by atoms with van der Waals surface area (Å²) in [5.41, 5.74) is 6.04. The van der Waals surface area contributed by atoms with E-state index >= 15 is 0 Å². The van der Waals surface area contributed by atoms with Crippen LogP contribution in [0.2, 0.25) is 5.02 Å². The first-order valence-corrected chi connectivity index (χ1v) is 9.50. The molecule has 1 aliphatic carbocycles. The van der Waals surface area contributed by atoms with E-state index in [1.54, 1.807) is 0 Å². The Balaban J connectivity index is 1.96. The molecule has 1 aliphatic rings. The summed E-state index contributed by atoms with van der Waals surface area (Å²) in [6.07, 6.45) is 2.48. The lowest BCUT2D eigenvalue weighted by atomic mass is 9.63. The number of rotatable bonds is 1. The van der Waals surface area contributed by atoms with Crippen LogP contribution in [0.4, 0.5) is 0 Å². The highest BCUT2D eigenvalue weighted by atomic mass is 35.5.